The molecule has 0 spiro atoms. The maximum absolute atomic E-state index is 13.1. The molecule has 1 atom stereocenters. The van der Waals surface area contributed by atoms with Gasteiger partial charge in [-0.2, -0.15) is 0 Å². The van der Waals surface area contributed by atoms with Crippen LogP contribution in [0.2, 0.25) is 5.02 Å². The molecular weight excluding hydrogens is 376 g/mol. The van der Waals surface area contributed by atoms with Crippen molar-refractivity contribution in [1.82, 2.24) is 19.9 Å². The van der Waals surface area contributed by atoms with E-state index in [0.29, 0.717) is 23.8 Å². The van der Waals surface area contributed by atoms with Gasteiger partial charge in [-0.25, -0.2) is 4.68 Å². The fraction of sp³-hybridized carbons (Fsp3) is 0.286. The van der Waals surface area contributed by atoms with E-state index in [1.54, 1.807) is 18.0 Å². The first-order chi connectivity index (χ1) is 13.7. The Morgan fingerprint density at radius 3 is 2.93 bits per heavy atom. The average molecular weight is 397 g/mol. The minimum atomic E-state index is -0.101. The lowest BCUT2D eigenvalue weighted by Gasteiger charge is -2.24. The van der Waals surface area contributed by atoms with Crippen molar-refractivity contribution < 1.29 is 9.53 Å². The molecule has 1 saturated heterocycles. The van der Waals surface area contributed by atoms with Crippen LogP contribution in [0.1, 0.15) is 40.5 Å². The highest BCUT2D eigenvalue weighted by Crippen LogP contribution is 2.34. The number of nitrogens with zero attached hydrogens (tertiary/aromatic N) is 4. The first-order valence-electron chi connectivity index (χ1n) is 9.24. The molecule has 2 aromatic carbocycles. The molecule has 0 bridgehead atoms. The summed E-state index contributed by atoms with van der Waals surface area (Å²) in [5, 5.41) is 8.88. The molecule has 144 valence electrons. The lowest BCUT2D eigenvalue weighted by molar-refractivity contribution is 0.0729. The van der Waals surface area contributed by atoms with Gasteiger partial charge in [0.25, 0.3) is 5.91 Å². The third-order valence-corrected chi connectivity index (χ3v) is 5.41. The Bertz CT molecular complexity index is 988. The summed E-state index contributed by atoms with van der Waals surface area (Å²) in [4.78, 5) is 14.9. The van der Waals surface area contributed by atoms with Gasteiger partial charge in [0.15, 0.2) is 5.69 Å². The zero-order valence-electron chi connectivity index (χ0n) is 15.6. The van der Waals surface area contributed by atoms with Crippen molar-refractivity contribution in [2.75, 3.05) is 13.7 Å². The molecule has 6 nitrogen and oxygen atoms in total. The molecule has 0 saturated carbocycles. The third-order valence-electron chi connectivity index (χ3n) is 5.04. The van der Waals surface area contributed by atoms with Gasteiger partial charge >= 0.3 is 0 Å². The number of hydrogen-bond donors (Lipinski definition) is 0. The number of aromatic nitrogens is 3. The standard InChI is InChI=1S/C21H21ClN4O2/c1-28-17-8-4-7-15(12-17)20-10-5-11-26(20)21(27)19-14-25(24-23-19)13-16-6-2-3-9-18(16)22/h2-4,6-9,12,14,20H,5,10-11,13H2,1H3/t20-/m0/s1. The average Bonchev–Trinajstić information content (AvgIpc) is 3.39. The molecule has 0 aliphatic carbocycles. The fourth-order valence-corrected chi connectivity index (χ4v) is 3.82. The highest BCUT2D eigenvalue weighted by molar-refractivity contribution is 6.31. The summed E-state index contributed by atoms with van der Waals surface area (Å²) in [6.45, 7) is 1.18. The summed E-state index contributed by atoms with van der Waals surface area (Å²) < 4.78 is 6.97. The van der Waals surface area contributed by atoms with E-state index in [4.69, 9.17) is 16.3 Å². The third kappa shape index (κ3) is 3.73. The van der Waals surface area contributed by atoms with Gasteiger partial charge in [0.1, 0.15) is 5.75 Å². The van der Waals surface area contributed by atoms with E-state index in [0.717, 1.165) is 29.7 Å². The van der Waals surface area contributed by atoms with E-state index in [1.807, 2.05) is 53.4 Å². The van der Waals surface area contributed by atoms with Crippen molar-refractivity contribution >= 4 is 17.5 Å². The molecule has 0 N–H and O–H groups in total. The minimum absolute atomic E-state index is 0.0244. The van der Waals surface area contributed by atoms with Crippen molar-refractivity contribution in [2.45, 2.75) is 25.4 Å². The Balaban J connectivity index is 1.52. The fourth-order valence-electron chi connectivity index (χ4n) is 3.63. The number of likely N-dealkylation sites (tertiary alicyclic amines) is 1. The second kappa shape index (κ2) is 8.02. The molecule has 3 aromatic rings. The van der Waals surface area contributed by atoms with Crippen LogP contribution in [0, 0.1) is 0 Å². The van der Waals surface area contributed by atoms with Crippen molar-refractivity contribution in [3.63, 3.8) is 0 Å². The predicted molar refractivity (Wildman–Crippen MR) is 107 cm³/mol. The normalized spacial score (nSPS) is 16.4. The first-order valence-corrected chi connectivity index (χ1v) is 9.62. The highest BCUT2D eigenvalue weighted by Gasteiger charge is 2.32. The Hall–Kier alpha value is -2.86. The first kappa shape index (κ1) is 18.5. The molecule has 7 heteroatoms. The number of carbonyl (C=O) groups excluding carboxylic acids is 1. The van der Waals surface area contributed by atoms with Gasteiger partial charge in [-0.15, -0.1) is 5.10 Å². The van der Waals surface area contributed by atoms with E-state index in [-0.39, 0.29) is 11.9 Å². The van der Waals surface area contributed by atoms with E-state index in [2.05, 4.69) is 10.3 Å². The number of methoxy groups -OCH3 is 1. The van der Waals surface area contributed by atoms with Gasteiger partial charge in [0.05, 0.1) is 25.9 Å². The van der Waals surface area contributed by atoms with Crippen LogP contribution in [0.4, 0.5) is 0 Å². The van der Waals surface area contributed by atoms with Gasteiger partial charge in [-0.1, -0.05) is 47.1 Å². The summed E-state index contributed by atoms with van der Waals surface area (Å²) >= 11 is 6.21. The quantitative estimate of drug-likeness (QED) is 0.654. The number of benzene rings is 2. The van der Waals surface area contributed by atoms with Crippen LogP contribution in [0.15, 0.2) is 54.7 Å². The van der Waals surface area contributed by atoms with Crippen LogP contribution in [-0.2, 0) is 6.54 Å². The molecule has 1 aliphatic heterocycles. The van der Waals surface area contributed by atoms with E-state index < -0.39 is 0 Å². The van der Waals surface area contributed by atoms with E-state index in [9.17, 15) is 4.79 Å². The Morgan fingerprint density at radius 1 is 1.25 bits per heavy atom. The van der Waals surface area contributed by atoms with Crippen molar-refractivity contribution in [1.29, 1.82) is 0 Å². The van der Waals surface area contributed by atoms with Crippen LogP contribution >= 0.6 is 11.6 Å². The molecule has 4 rings (SSSR count). The number of rotatable bonds is 5. The maximum atomic E-state index is 13.1. The van der Waals surface area contributed by atoms with Crippen LogP contribution in [-0.4, -0.2) is 39.5 Å². The van der Waals surface area contributed by atoms with Gasteiger partial charge in [0, 0.05) is 11.6 Å². The second-order valence-electron chi connectivity index (χ2n) is 6.83. The largest absolute Gasteiger partial charge is 0.497 e. The summed E-state index contributed by atoms with van der Waals surface area (Å²) in [6.07, 6.45) is 3.57. The Labute approximate surface area is 168 Å². The van der Waals surface area contributed by atoms with Crippen molar-refractivity contribution in [3.05, 3.63) is 76.6 Å². The molecule has 28 heavy (non-hydrogen) atoms. The monoisotopic (exact) mass is 396 g/mol. The molecule has 0 unspecified atom stereocenters. The second-order valence-corrected chi connectivity index (χ2v) is 7.23. The number of ether oxygens (including phenoxy) is 1. The van der Waals surface area contributed by atoms with Crippen molar-refractivity contribution in [3.8, 4) is 5.75 Å². The summed E-state index contributed by atoms with van der Waals surface area (Å²) in [5.74, 6) is 0.693. The summed E-state index contributed by atoms with van der Waals surface area (Å²) in [6, 6.07) is 15.5. The lowest BCUT2D eigenvalue weighted by atomic mass is 10.0. The number of halogens is 1. The molecule has 1 aliphatic rings. The zero-order chi connectivity index (χ0) is 19.5. The number of amides is 1. The number of hydrogen-bond acceptors (Lipinski definition) is 4. The highest BCUT2D eigenvalue weighted by atomic mass is 35.5. The molecule has 0 radical (unpaired) electrons. The molecule has 1 amide bonds. The topological polar surface area (TPSA) is 60.2 Å². The Morgan fingerprint density at radius 2 is 2.11 bits per heavy atom. The maximum Gasteiger partial charge on any atom is 0.276 e. The zero-order valence-corrected chi connectivity index (χ0v) is 16.3. The van der Waals surface area contributed by atoms with Crippen LogP contribution in [0.25, 0.3) is 0 Å². The summed E-state index contributed by atoms with van der Waals surface area (Å²) in [7, 11) is 1.65. The SMILES string of the molecule is COc1cccc([C@@H]2CCCN2C(=O)c2cn(Cc3ccccc3Cl)nn2)c1. The molecular formula is C21H21ClN4O2. The van der Waals surface area contributed by atoms with E-state index in [1.165, 1.54) is 0 Å². The van der Waals surface area contributed by atoms with Gasteiger partial charge < -0.3 is 9.64 Å². The summed E-state index contributed by atoms with van der Waals surface area (Å²) in [5.41, 5.74) is 2.36. The van der Waals surface area contributed by atoms with Gasteiger partial charge in [-0.05, 0) is 42.2 Å². The molecule has 2 heterocycles. The van der Waals surface area contributed by atoms with Crippen molar-refractivity contribution in [2.24, 2.45) is 0 Å². The van der Waals surface area contributed by atoms with Gasteiger partial charge in [-0.3, -0.25) is 4.79 Å². The number of carbonyl (C=O) groups is 1. The molecule has 1 fully saturated rings. The smallest absolute Gasteiger partial charge is 0.276 e. The van der Waals surface area contributed by atoms with E-state index >= 15 is 0 Å². The lowest BCUT2D eigenvalue weighted by Crippen LogP contribution is -2.30. The molecule has 1 aromatic heterocycles. The van der Waals surface area contributed by atoms with Gasteiger partial charge in [0.2, 0.25) is 0 Å². The Kier molecular flexibility index (Phi) is 5.30. The van der Waals surface area contributed by atoms with Crippen LogP contribution < -0.4 is 4.74 Å². The van der Waals surface area contributed by atoms with Crippen LogP contribution in [0.3, 0.4) is 0 Å². The van der Waals surface area contributed by atoms with Crippen LogP contribution in [0.5, 0.6) is 5.75 Å². The predicted octanol–water partition coefficient (Wildman–Crippen LogP) is 3.97. The minimum Gasteiger partial charge on any atom is -0.497 e.